The Kier molecular flexibility index (Phi) is 11.1. The molecule has 0 heterocycles. The molecule has 1 atom stereocenters. The highest BCUT2D eigenvalue weighted by molar-refractivity contribution is 6.08. The maximum atomic E-state index is 13.7. The normalized spacial score (nSPS) is 11.6. The number of ether oxygens (including phenoxy) is 3. The summed E-state index contributed by atoms with van der Waals surface area (Å²) in [5.41, 5.74) is 4.41. The summed E-state index contributed by atoms with van der Waals surface area (Å²) in [5.74, 6) is -1.54. The van der Waals surface area contributed by atoms with Crippen molar-refractivity contribution in [3.8, 4) is 16.9 Å². The number of amides is 3. The quantitative estimate of drug-likeness (QED) is 0.168. The number of allylic oxidation sites excluding steroid dienone is 1. The van der Waals surface area contributed by atoms with E-state index in [0.29, 0.717) is 17.0 Å². The first-order chi connectivity index (χ1) is 21.1. The number of hydrogen-bond donors (Lipinski definition) is 3. The Bertz CT molecular complexity index is 1580. The second kappa shape index (κ2) is 14.6. The van der Waals surface area contributed by atoms with E-state index in [0.717, 1.165) is 22.3 Å². The molecular weight excluding hydrogens is 574 g/mol. The van der Waals surface area contributed by atoms with E-state index in [4.69, 9.17) is 14.2 Å². The molecule has 3 aromatic carbocycles. The second-order valence-corrected chi connectivity index (χ2v) is 11.8. The Balaban J connectivity index is 1.98. The zero-order valence-electron chi connectivity index (χ0n) is 27.0. The number of rotatable bonds is 10. The molecule has 10 nitrogen and oxygen atoms in total. The van der Waals surface area contributed by atoms with Crippen LogP contribution in [0.15, 0.2) is 66.9 Å². The SMILES string of the molecule is C=C(C)OC(=O)[C@H](CC(=O)OC(C)(C)C)NC(=O)c1ccc(-c2ccc(OC)cc2)cc1NC(=O)Nc1c(C)cc(C)cc1C. The molecule has 45 heavy (non-hydrogen) atoms. The van der Waals surface area contributed by atoms with Crippen LogP contribution in [0.1, 0.15) is 61.2 Å². The Hall–Kier alpha value is -5.12. The van der Waals surface area contributed by atoms with Gasteiger partial charge < -0.3 is 30.2 Å². The standard InChI is InChI=1S/C35H41N3O7/c1-20(2)44-33(41)29(19-30(39)45-35(6,7)8)36-32(40)27-15-12-25(24-10-13-26(43-9)14-11-24)18-28(27)37-34(42)38-31-22(4)16-21(3)17-23(31)5/h10-18,29H,1,19H2,2-9H3,(H,36,40)(H2,37,38,42)/t29-/m0/s1. The van der Waals surface area contributed by atoms with Crippen molar-refractivity contribution >= 4 is 35.3 Å². The Labute approximate surface area is 264 Å². The average molecular weight is 616 g/mol. The van der Waals surface area contributed by atoms with Crippen LogP contribution in [0.3, 0.4) is 0 Å². The number of benzene rings is 3. The first kappa shape index (κ1) is 34.4. The molecule has 0 bridgehead atoms. The Morgan fingerprint density at radius 3 is 2.02 bits per heavy atom. The summed E-state index contributed by atoms with van der Waals surface area (Å²) < 4.78 is 15.7. The van der Waals surface area contributed by atoms with Gasteiger partial charge in [0.15, 0.2) is 0 Å². The molecule has 0 saturated heterocycles. The minimum absolute atomic E-state index is 0.0528. The van der Waals surface area contributed by atoms with Crippen molar-refractivity contribution in [1.82, 2.24) is 5.32 Å². The minimum Gasteiger partial charge on any atom is -0.497 e. The largest absolute Gasteiger partial charge is 0.497 e. The predicted octanol–water partition coefficient (Wildman–Crippen LogP) is 6.84. The van der Waals surface area contributed by atoms with Crippen LogP contribution in [0.4, 0.5) is 16.2 Å². The monoisotopic (exact) mass is 615 g/mol. The third-order valence-electron chi connectivity index (χ3n) is 6.51. The smallest absolute Gasteiger partial charge is 0.334 e. The van der Waals surface area contributed by atoms with Crippen LogP contribution in [0.5, 0.6) is 5.75 Å². The number of carbonyl (C=O) groups excluding carboxylic acids is 4. The van der Waals surface area contributed by atoms with E-state index in [2.05, 4.69) is 22.5 Å². The number of nitrogens with one attached hydrogen (secondary N) is 3. The third kappa shape index (κ3) is 9.96. The van der Waals surface area contributed by atoms with E-state index in [9.17, 15) is 19.2 Å². The number of hydrogen-bond acceptors (Lipinski definition) is 7. The Morgan fingerprint density at radius 2 is 1.47 bits per heavy atom. The van der Waals surface area contributed by atoms with E-state index in [-0.39, 0.29) is 17.0 Å². The highest BCUT2D eigenvalue weighted by Gasteiger charge is 2.30. The lowest BCUT2D eigenvalue weighted by atomic mass is 10.0. The van der Waals surface area contributed by atoms with Gasteiger partial charge in [-0.1, -0.05) is 42.5 Å². The fourth-order valence-electron chi connectivity index (χ4n) is 4.67. The van der Waals surface area contributed by atoms with Crippen molar-refractivity contribution < 1.29 is 33.4 Å². The molecule has 3 rings (SSSR count). The summed E-state index contributed by atoms with van der Waals surface area (Å²) in [4.78, 5) is 52.4. The van der Waals surface area contributed by atoms with Crippen molar-refractivity contribution in [3.63, 3.8) is 0 Å². The highest BCUT2D eigenvalue weighted by atomic mass is 16.6. The highest BCUT2D eigenvalue weighted by Crippen LogP contribution is 2.29. The summed E-state index contributed by atoms with van der Waals surface area (Å²) in [6.45, 7) is 15.9. The van der Waals surface area contributed by atoms with Crippen molar-refractivity contribution in [1.29, 1.82) is 0 Å². The van der Waals surface area contributed by atoms with E-state index >= 15 is 0 Å². The van der Waals surface area contributed by atoms with E-state index in [1.165, 1.54) is 13.0 Å². The van der Waals surface area contributed by atoms with Crippen molar-refractivity contribution in [3.05, 3.63) is 89.2 Å². The molecule has 0 radical (unpaired) electrons. The van der Waals surface area contributed by atoms with Gasteiger partial charge in [-0.05, 0) is 95.0 Å². The van der Waals surface area contributed by atoms with Crippen molar-refractivity contribution in [2.75, 3.05) is 17.7 Å². The lowest BCUT2D eigenvalue weighted by Gasteiger charge is -2.22. The van der Waals surface area contributed by atoms with Gasteiger partial charge in [0.2, 0.25) is 0 Å². The van der Waals surface area contributed by atoms with Crippen LogP contribution in [0, 0.1) is 20.8 Å². The van der Waals surface area contributed by atoms with Crippen molar-refractivity contribution in [2.45, 2.75) is 66.5 Å². The summed E-state index contributed by atoms with van der Waals surface area (Å²) in [5, 5.41) is 8.24. The molecule has 3 N–H and O–H groups in total. The fourth-order valence-corrected chi connectivity index (χ4v) is 4.67. The van der Waals surface area contributed by atoms with Crippen LogP contribution in [0.2, 0.25) is 0 Å². The zero-order valence-corrected chi connectivity index (χ0v) is 27.0. The lowest BCUT2D eigenvalue weighted by Crippen LogP contribution is -2.44. The molecule has 0 aromatic heterocycles. The molecule has 3 amide bonds. The topological polar surface area (TPSA) is 132 Å². The summed E-state index contributed by atoms with van der Waals surface area (Å²) in [6.07, 6.45) is -0.478. The maximum Gasteiger partial charge on any atom is 0.334 e. The van der Waals surface area contributed by atoms with Crippen LogP contribution in [-0.4, -0.2) is 42.6 Å². The number of anilines is 2. The summed E-state index contributed by atoms with van der Waals surface area (Å²) in [7, 11) is 1.57. The summed E-state index contributed by atoms with van der Waals surface area (Å²) >= 11 is 0. The fraction of sp³-hybridized carbons (Fsp3) is 0.314. The molecule has 0 aliphatic heterocycles. The van der Waals surface area contributed by atoms with Crippen molar-refractivity contribution in [2.24, 2.45) is 0 Å². The Morgan fingerprint density at radius 1 is 0.867 bits per heavy atom. The van der Waals surface area contributed by atoms with Gasteiger partial charge in [0.25, 0.3) is 5.91 Å². The average Bonchev–Trinajstić information content (AvgIpc) is 2.93. The molecule has 0 unspecified atom stereocenters. The first-order valence-electron chi connectivity index (χ1n) is 14.4. The molecule has 0 spiro atoms. The number of methoxy groups -OCH3 is 1. The summed E-state index contributed by atoms with van der Waals surface area (Å²) in [6, 6.07) is 14.2. The van der Waals surface area contributed by atoms with E-state index in [1.807, 2.05) is 45.0 Å². The molecule has 0 fully saturated rings. The molecule has 0 aliphatic rings. The van der Waals surface area contributed by atoms with E-state index in [1.54, 1.807) is 52.1 Å². The lowest BCUT2D eigenvalue weighted by molar-refractivity contribution is -0.158. The first-order valence-corrected chi connectivity index (χ1v) is 14.4. The molecule has 3 aromatic rings. The molecule has 0 aliphatic carbocycles. The molecule has 238 valence electrons. The minimum atomic E-state index is -1.38. The van der Waals surface area contributed by atoms with Crippen LogP contribution >= 0.6 is 0 Å². The third-order valence-corrected chi connectivity index (χ3v) is 6.51. The maximum absolute atomic E-state index is 13.7. The number of aryl methyl sites for hydroxylation is 3. The van der Waals surface area contributed by atoms with Crippen LogP contribution < -0.4 is 20.7 Å². The van der Waals surface area contributed by atoms with Gasteiger partial charge in [0, 0.05) is 5.69 Å². The number of carbonyl (C=O) groups is 4. The van der Waals surface area contributed by atoms with Gasteiger partial charge in [0.1, 0.15) is 17.4 Å². The van der Waals surface area contributed by atoms with E-state index < -0.39 is 41.9 Å². The number of urea groups is 1. The van der Waals surface area contributed by atoms with Gasteiger partial charge in [0.05, 0.1) is 30.5 Å². The van der Waals surface area contributed by atoms with Gasteiger partial charge in [-0.15, -0.1) is 0 Å². The molecule has 10 heteroatoms. The van der Waals surface area contributed by atoms with Gasteiger partial charge in [-0.25, -0.2) is 9.59 Å². The second-order valence-electron chi connectivity index (χ2n) is 11.8. The van der Waals surface area contributed by atoms with Gasteiger partial charge in [-0.2, -0.15) is 0 Å². The van der Waals surface area contributed by atoms with Gasteiger partial charge >= 0.3 is 18.0 Å². The molecular formula is C35H41N3O7. The van der Waals surface area contributed by atoms with Crippen LogP contribution in [-0.2, 0) is 19.1 Å². The molecule has 0 saturated carbocycles. The number of esters is 2. The zero-order chi connectivity index (χ0) is 33.5. The van der Waals surface area contributed by atoms with Crippen LogP contribution in [0.25, 0.3) is 11.1 Å². The predicted molar refractivity (Wildman–Crippen MR) is 174 cm³/mol. The van der Waals surface area contributed by atoms with Gasteiger partial charge in [-0.3, -0.25) is 9.59 Å².